The quantitative estimate of drug-likeness (QED) is 0.440. The molecule has 0 saturated carbocycles. The smallest absolute Gasteiger partial charge is 0.311 e. The molecule has 1 amide bonds. The number of hydrogen-bond acceptors (Lipinski definition) is 5. The van der Waals surface area contributed by atoms with Crippen LogP contribution in [-0.4, -0.2) is 51.1 Å². The van der Waals surface area contributed by atoms with Crippen LogP contribution in [0.15, 0.2) is 0 Å². The monoisotopic (exact) mass is 217 g/mol. The number of ether oxygens (including phenoxy) is 2. The Hall–Kier alpha value is -1.59. The van der Waals surface area contributed by atoms with Gasteiger partial charge in [-0.1, -0.05) is 0 Å². The van der Waals surface area contributed by atoms with E-state index in [9.17, 15) is 14.4 Å². The van der Waals surface area contributed by atoms with Crippen molar-refractivity contribution >= 4 is 18.3 Å². The molecule has 6 heteroatoms. The topological polar surface area (TPSA) is 72.9 Å². The largest absolute Gasteiger partial charge is 0.469 e. The van der Waals surface area contributed by atoms with Crippen molar-refractivity contribution in [2.75, 3.05) is 27.8 Å². The van der Waals surface area contributed by atoms with Crippen LogP contribution >= 0.6 is 0 Å². The van der Waals surface area contributed by atoms with Crippen molar-refractivity contribution in [3.8, 4) is 0 Å². The zero-order chi connectivity index (χ0) is 11.8. The molecule has 0 aromatic rings. The number of rotatable bonds is 6. The minimum absolute atomic E-state index is 0.0959. The highest BCUT2D eigenvalue weighted by Crippen LogP contribution is 2.07. The van der Waals surface area contributed by atoms with Crippen molar-refractivity contribution < 1.29 is 23.9 Å². The lowest BCUT2D eigenvalue weighted by Gasteiger charge is -2.17. The molecule has 15 heavy (non-hydrogen) atoms. The minimum Gasteiger partial charge on any atom is -0.469 e. The van der Waals surface area contributed by atoms with Crippen LogP contribution in [0.4, 0.5) is 0 Å². The third kappa shape index (κ3) is 4.99. The lowest BCUT2D eigenvalue weighted by atomic mass is 10.1. The summed E-state index contributed by atoms with van der Waals surface area (Å²) in [5.74, 6) is -1.73. The molecule has 0 spiro atoms. The predicted molar refractivity (Wildman–Crippen MR) is 50.8 cm³/mol. The SMILES string of the molecule is COC(=O)C[C@H](CN(C)C=O)C(=O)OC. The summed E-state index contributed by atoms with van der Waals surface area (Å²) in [7, 11) is 3.98. The molecule has 0 bridgehead atoms. The second-order valence-electron chi connectivity index (χ2n) is 3.05. The molecule has 0 N–H and O–H groups in total. The maximum Gasteiger partial charge on any atom is 0.311 e. The van der Waals surface area contributed by atoms with Crippen LogP contribution in [0.3, 0.4) is 0 Å². The van der Waals surface area contributed by atoms with Crippen molar-refractivity contribution in [1.82, 2.24) is 4.90 Å². The molecule has 0 heterocycles. The first-order valence-corrected chi connectivity index (χ1v) is 4.35. The lowest BCUT2D eigenvalue weighted by molar-refractivity contribution is -0.152. The number of carbonyl (C=O) groups excluding carboxylic acids is 3. The third-order valence-corrected chi connectivity index (χ3v) is 1.86. The average Bonchev–Trinajstić information content (AvgIpc) is 2.26. The second-order valence-corrected chi connectivity index (χ2v) is 3.05. The van der Waals surface area contributed by atoms with E-state index in [2.05, 4.69) is 9.47 Å². The molecule has 86 valence electrons. The van der Waals surface area contributed by atoms with Crippen molar-refractivity contribution in [3.63, 3.8) is 0 Å². The highest BCUT2D eigenvalue weighted by atomic mass is 16.5. The van der Waals surface area contributed by atoms with Crippen molar-refractivity contribution in [3.05, 3.63) is 0 Å². The maximum atomic E-state index is 11.2. The molecule has 0 aromatic heterocycles. The first-order valence-electron chi connectivity index (χ1n) is 4.35. The van der Waals surface area contributed by atoms with Gasteiger partial charge in [-0.15, -0.1) is 0 Å². The summed E-state index contributed by atoms with van der Waals surface area (Å²) >= 11 is 0. The van der Waals surface area contributed by atoms with E-state index in [0.29, 0.717) is 6.41 Å². The van der Waals surface area contributed by atoms with Crippen LogP contribution in [-0.2, 0) is 23.9 Å². The van der Waals surface area contributed by atoms with Crippen LogP contribution in [0.2, 0.25) is 0 Å². The molecule has 0 fully saturated rings. The van der Waals surface area contributed by atoms with Crippen molar-refractivity contribution in [1.29, 1.82) is 0 Å². The zero-order valence-electron chi connectivity index (χ0n) is 9.06. The highest BCUT2D eigenvalue weighted by Gasteiger charge is 2.24. The van der Waals surface area contributed by atoms with Gasteiger partial charge in [0.05, 0.1) is 26.6 Å². The molecule has 0 aromatic carbocycles. The summed E-state index contributed by atoms with van der Waals surface area (Å²) in [6, 6.07) is 0. The van der Waals surface area contributed by atoms with E-state index in [4.69, 9.17) is 0 Å². The highest BCUT2D eigenvalue weighted by molar-refractivity contribution is 5.80. The van der Waals surface area contributed by atoms with E-state index in [-0.39, 0.29) is 13.0 Å². The molecule has 6 nitrogen and oxygen atoms in total. The van der Waals surface area contributed by atoms with Crippen molar-refractivity contribution in [2.45, 2.75) is 6.42 Å². The first-order chi connectivity index (χ1) is 7.04. The molecular formula is C9H15NO5. The Bertz CT molecular complexity index is 241. The van der Waals surface area contributed by atoms with E-state index in [1.54, 1.807) is 0 Å². The van der Waals surface area contributed by atoms with Crippen molar-refractivity contribution in [2.24, 2.45) is 5.92 Å². The van der Waals surface area contributed by atoms with E-state index < -0.39 is 17.9 Å². The predicted octanol–water partition coefficient (Wildman–Crippen LogP) is -0.573. The van der Waals surface area contributed by atoms with E-state index in [1.807, 2.05) is 0 Å². The van der Waals surface area contributed by atoms with Gasteiger partial charge in [-0.2, -0.15) is 0 Å². The Morgan fingerprint density at radius 1 is 1.33 bits per heavy atom. The van der Waals surface area contributed by atoms with Gasteiger partial charge >= 0.3 is 11.9 Å². The molecule has 0 unspecified atom stereocenters. The fourth-order valence-corrected chi connectivity index (χ4v) is 1.06. The molecule has 0 radical (unpaired) electrons. The van der Waals surface area contributed by atoms with Gasteiger partial charge in [-0.05, 0) is 0 Å². The van der Waals surface area contributed by atoms with E-state index in [1.165, 1.54) is 26.2 Å². The van der Waals surface area contributed by atoms with Gasteiger partial charge in [0, 0.05) is 13.6 Å². The zero-order valence-corrected chi connectivity index (χ0v) is 9.06. The number of amides is 1. The lowest BCUT2D eigenvalue weighted by Crippen LogP contribution is -2.32. The Labute approximate surface area is 88.1 Å². The summed E-state index contributed by atoms with van der Waals surface area (Å²) in [6.45, 7) is 0.130. The van der Waals surface area contributed by atoms with Gasteiger partial charge in [0.25, 0.3) is 0 Å². The van der Waals surface area contributed by atoms with Crippen LogP contribution in [0, 0.1) is 5.92 Å². The first kappa shape index (κ1) is 13.4. The van der Waals surface area contributed by atoms with E-state index >= 15 is 0 Å². The number of carbonyl (C=O) groups is 3. The Balaban J connectivity index is 4.37. The fraction of sp³-hybridized carbons (Fsp3) is 0.667. The second kappa shape index (κ2) is 6.80. The molecular weight excluding hydrogens is 202 g/mol. The Morgan fingerprint density at radius 3 is 2.33 bits per heavy atom. The van der Waals surface area contributed by atoms with Crippen LogP contribution in [0.25, 0.3) is 0 Å². The average molecular weight is 217 g/mol. The van der Waals surface area contributed by atoms with Gasteiger partial charge in [0.15, 0.2) is 0 Å². The summed E-state index contributed by atoms with van der Waals surface area (Å²) in [4.78, 5) is 33.9. The summed E-state index contributed by atoms with van der Waals surface area (Å²) in [6.07, 6.45) is 0.481. The molecule has 0 aliphatic rings. The standard InChI is InChI=1S/C9H15NO5/c1-10(6-11)5-7(9(13)15-3)4-8(12)14-2/h6-7H,4-5H2,1-3H3/t7-/m1/s1. The van der Waals surface area contributed by atoms with Gasteiger partial charge in [0.1, 0.15) is 0 Å². The molecule has 0 saturated heterocycles. The van der Waals surface area contributed by atoms with Gasteiger partial charge in [0.2, 0.25) is 6.41 Å². The summed E-state index contributed by atoms with van der Waals surface area (Å²) in [5.41, 5.74) is 0. The summed E-state index contributed by atoms with van der Waals surface area (Å²) in [5, 5.41) is 0. The molecule has 0 rings (SSSR count). The summed E-state index contributed by atoms with van der Waals surface area (Å²) < 4.78 is 8.95. The molecule has 1 atom stereocenters. The molecule has 0 aliphatic heterocycles. The van der Waals surface area contributed by atoms with Gasteiger partial charge in [-0.25, -0.2) is 0 Å². The maximum absolute atomic E-state index is 11.2. The Kier molecular flexibility index (Phi) is 6.08. The van der Waals surface area contributed by atoms with E-state index in [0.717, 1.165) is 0 Å². The number of hydrogen-bond donors (Lipinski definition) is 0. The number of methoxy groups -OCH3 is 2. The molecule has 0 aliphatic carbocycles. The van der Waals surface area contributed by atoms with Crippen LogP contribution < -0.4 is 0 Å². The number of esters is 2. The Morgan fingerprint density at radius 2 is 1.93 bits per heavy atom. The number of nitrogens with zero attached hydrogens (tertiary/aromatic N) is 1. The van der Waals surface area contributed by atoms with Gasteiger partial charge < -0.3 is 14.4 Å². The van der Waals surface area contributed by atoms with Crippen LogP contribution in [0.5, 0.6) is 0 Å². The van der Waals surface area contributed by atoms with Crippen LogP contribution in [0.1, 0.15) is 6.42 Å². The third-order valence-electron chi connectivity index (χ3n) is 1.86. The van der Waals surface area contributed by atoms with Gasteiger partial charge in [-0.3, -0.25) is 14.4 Å². The fourth-order valence-electron chi connectivity index (χ4n) is 1.06. The minimum atomic E-state index is -0.683. The normalized spacial score (nSPS) is 11.4.